The Balaban J connectivity index is 1.87. The van der Waals surface area contributed by atoms with Crippen molar-refractivity contribution in [3.63, 3.8) is 0 Å². The summed E-state index contributed by atoms with van der Waals surface area (Å²) in [6.07, 6.45) is 5.20. The molecule has 1 saturated heterocycles. The van der Waals surface area contributed by atoms with Crippen LogP contribution in [0.4, 0.5) is 0 Å². The van der Waals surface area contributed by atoms with E-state index in [1.54, 1.807) is 12.4 Å². The maximum Gasteiger partial charge on any atom is 0.329 e. The second-order valence-corrected chi connectivity index (χ2v) is 5.14. The van der Waals surface area contributed by atoms with Gasteiger partial charge in [-0.2, -0.15) is 0 Å². The number of aliphatic carboxylic acids is 1. The second-order valence-electron chi connectivity index (χ2n) is 5.14. The van der Waals surface area contributed by atoms with Gasteiger partial charge in [-0.15, -0.1) is 0 Å². The molecule has 1 aliphatic rings. The molecular formula is C14H21N3O3. The predicted octanol–water partition coefficient (Wildman–Crippen LogP) is 1.41. The minimum atomic E-state index is -0.906. The van der Waals surface area contributed by atoms with Crippen molar-refractivity contribution >= 4 is 5.97 Å². The lowest BCUT2D eigenvalue weighted by Gasteiger charge is -2.35. The lowest BCUT2D eigenvalue weighted by molar-refractivity contribution is -0.145. The summed E-state index contributed by atoms with van der Waals surface area (Å²) in [4.78, 5) is 21.5. The highest BCUT2D eigenvalue weighted by Gasteiger charge is 2.25. The summed E-state index contributed by atoms with van der Waals surface area (Å²) in [5.74, 6) is -0.906. The molecule has 0 aliphatic carbocycles. The Morgan fingerprint density at radius 2 is 2.10 bits per heavy atom. The van der Waals surface area contributed by atoms with Gasteiger partial charge >= 0.3 is 5.97 Å². The van der Waals surface area contributed by atoms with Crippen LogP contribution < -0.4 is 0 Å². The first-order chi connectivity index (χ1) is 9.58. The Labute approximate surface area is 118 Å². The van der Waals surface area contributed by atoms with Crippen molar-refractivity contribution in [2.45, 2.75) is 38.8 Å². The molecule has 6 nitrogen and oxygen atoms in total. The van der Waals surface area contributed by atoms with Gasteiger partial charge in [-0.05, 0) is 26.7 Å². The van der Waals surface area contributed by atoms with Crippen LogP contribution >= 0.6 is 0 Å². The molecule has 1 N–H and O–H groups in total. The van der Waals surface area contributed by atoms with Crippen molar-refractivity contribution < 1.29 is 14.6 Å². The van der Waals surface area contributed by atoms with Gasteiger partial charge in [-0.25, -0.2) is 4.79 Å². The van der Waals surface area contributed by atoms with Crippen LogP contribution in [0.1, 0.15) is 37.2 Å². The molecule has 0 amide bonds. The van der Waals surface area contributed by atoms with Crippen molar-refractivity contribution in [2.75, 3.05) is 19.7 Å². The maximum absolute atomic E-state index is 10.5. The SMILES string of the molecule is Cc1nccnc1C(C)N1CCC(OCC(=O)O)CC1. The number of rotatable bonds is 5. The lowest BCUT2D eigenvalue weighted by Crippen LogP contribution is -2.39. The molecule has 1 aliphatic heterocycles. The monoisotopic (exact) mass is 279 g/mol. The Bertz CT molecular complexity index is 459. The van der Waals surface area contributed by atoms with Crippen LogP contribution in [0.5, 0.6) is 0 Å². The third kappa shape index (κ3) is 3.74. The first-order valence-corrected chi connectivity index (χ1v) is 6.93. The third-order valence-electron chi connectivity index (χ3n) is 3.78. The van der Waals surface area contributed by atoms with E-state index in [-0.39, 0.29) is 18.8 Å². The van der Waals surface area contributed by atoms with Crippen LogP contribution in [0.2, 0.25) is 0 Å². The van der Waals surface area contributed by atoms with Crippen LogP contribution in [0.15, 0.2) is 12.4 Å². The fourth-order valence-corrected chi connectivity index (χ4v) is 2.62. The van der Waals surface area contributed by atoms with E-state index in [0.29, 0.717) is 0 Å². The summed E-state index contributed by atoms with van der Waals surface area (Å²) in [6.45, 7) is 5.68. The molecule has 0 aromatic carbocycles. The summed E-state index contributed by atoms with van der Waals surface area (Å²) >= 11 is 0. The largest absolute Gasteiger partial charge is 0.480 e. The molecule has 1 fully saturated rings. The highest BCUT2D eigenvalue weighted by molar-refractivity contribution is 5.68. The Morgan fingerprint density at radius 3 is 2.70 bits per heavy atom. The first-order valence-electron chi connectivity index (χ1n) is 6.93. The van der Waals surface area contributed by atoms with Crippen LogP contribution in [0.3, 0.4) is 0 Å². The highest BCUT2D eigenvalue weighted by Crippen LogP contribution is 2.24. The van der Waals surface area contributed by atoms with E-state index >= 15 is 0 Å². The minimum absolute atomic E-state index is 0.0532. The molecule has 2 heterocycles. The van der Waals surface area contributed by atoms with Gasteiger partial charge in [-0.1, -0.05) is 0 Å². The number of carboxylic acid groups (broad SMARTS) is 1. The number of hydrogen-bond donors (Lipinski definition) is 1. The number of hydrogen-bond acceptors (Lipinski definition) is 5. The average molecular weight is 279 g/mol. The van der Waals surface area contributed by atoms with Gasteiger partial charge in [-0.3, -0.25) is 14.9 Å². The molecule has 1 atom stereocenters. The molecule has 0 spiro atoms. The van der Waals surface area contributed by atoms with Crippen molar-refractivity contribution in [1.29, 1.82) is 0 Å². The van der Waals surface area contributed by atoms with Crippen LogP contribution in [0, 0.1) is 6.92 Å². The van der Waals surface area contributed by atoms with Gasteiger partial charge < -0.3 is 9.84 Å². The number of carbonyl (C=O) groups is 1. The van der Waals surface area contributed by atoms with Crippen molar-refractivity contribution in [3.8, 4) is 0 Å². The average Bonchev–Trinajstić information content (AvgIpc) is 2.45. The van der Waals surface area contributed by atoms with Crippen LogP contribution in [-0.4, -0.2) is 51.7 Å². The van der Waals surface area contributed by atoms with E-state index in [2.05, 4.69) is 21.8 Å². The lowest BCUT2D eigenvalue weighted by atomic mass is 10.0. The van der Waals surface area contributed by atoms with E-state index in [1.165, 1.54) is 0 Å². The fraction of sp³-hybridized carbons (Fsp3) is 0.643. The van der Waals surface area contributed by atoms with E-state index < -0.39 is 5.97 Å². The third-order valence-corrected chi connectivity index (χ3v) is 3.78. The van der Waals surface area contributed by atoms with E-state index in [9.17, 15) is 4.79 Å². The van der Waals surface area contributed by atoms with Gasteiger partial charge in [0.15, 0.2) is 0 Å². The second kappa shape index (κ2) is 6.76. The molecule has 0 bridgehead atoms. The van der Waals surface area contributed by atoms with Crippen molar-refractivity contribution in [2.24, 2.45) is 0 Å². The number of aryl methyl sites for hydroxylation is 1. The number of ether oxygens (including phenoxy) is 1. The smallest absolute Gasteiger partial charge is 0.329 e. The zero-order chi connectivity index (χ0) is 14.5. The Morgan fingerprint density at radius 1 is 1.45 bits per heavy atom. The molecule has 20 heavy (non-hydrogen) atoms. The molecule has 0 radical (unpaired) electrons. The number of nitrogens with zero attached hydrogens (tertiary/aromatic N) is 3. The summed E-state index contributed by atoms with van der Waals surface area (Å²) in [5, 5.41) is 8.61. The van der Waals surface area contributed by atoms with Gasteiger partial charge in [0.1, 0.15) is 6.61 Å². The molecule has 1 unspecified atom stereocenters. The van der Waals surface area contributed by atoms with Crippen molar-refractivity contribution in [3.05, 3.63) is 23.8 Å². The molecule has 1 aromatic heterocycles. The van der Waals surface area contributed by atoms with Gasteiger partial charge in [0, 0.05) is 25.5 Å². The summed E-state index contributed by atoms with van der Waals surface area (Å²) in [7, 11) is 0. The van der Waals surface area contributed by atoms with Crippen LogP contribution in [-0.2, 0) is 9.53 Å². The molecular weight excluding hydrogens is 258 g/mol. The summed E-state index contributed by atoms with van der Waals surface area (Å²) < 4.78 is 5.35. The predicted molar refractivity (Wildman–Crippen MR) is 73.4 cm³/mol. The molecule has 0 saturated carbocycles. The first kappa shape index (κ1) is 14.9. The minimum Gasteiger partial charge on any atom is -0.480 e. The quantitative estimate of drug-likeness (QED) is 0.878. The van der Waals surface area contributed by atoms with E-state index in [1.807, 2.05) is 6.92 Å². The Hall–Kier alpha value is -1.53. The molecule has 1 aromatic rings. The summed E-state index contributed by atoms with van der Waals surface area (Å²) in [5.41, 5.74) is 1.97. The van der Waals surface area contributed by atoms with Gasteiger partial charge in [0.25, 0.3) is 0 Å². The standard InChI is InChI=1S/C14H21N3O3/c1-10-14(16-6-5-15-10)11(2)17-7-3-12(4-8-17)20-9-13(18)19/h5-6,11-12H,3-4,7-9H2,1-2H3,(H,18,19). The van der Waals surface area contributed by atoms with E-state index in [0.717, 1.165) is 37.3 Å². The van der Waals surface area contributed by atoms with E-state index in [4.69, 9.17) is 9.84 Å². The Kier molecular flexibility index (Phi) is 5.03. The number of piperidine rings is 1. The van der Waals surface area contributed by atoms with Crippen LogP contribution in [0.25, 0.3) is 0 Å². The highest BCUT2D eigenvalue weighted by atomic mass is 16.5. The maximum atomic E-state index is 10.5. The van der Waals surface area contributed by atoms with Gasteiger partial charge in [0.2, 0.25) is 0 Å². The normalized spacial score (nSPS) is 18.9. The fourth-order valence-electron chi connectivity index (χ4n) is 2.62. The molecule has 6 heteroatoms. The molecule has 110 valence electrons. The van der Waals surface area contributed by atoms with Crippen molar-refractivity contribution in [1.82, 2.24) is 14.9 Å². The topological polar surface area (TPSA) is 75.5 Å². The number of carboxylic acids is 1. The zero-order valence-corrected chi connectivity index (χ0v) is 12.0. The summed E-state index contributed by atoms with van der Waals surface area (Å²) in [6, 6.07) is 0.226. The van der Waals surface area contributed by atoms with Gasteiger partial charge in [0.05, 0.1) is 23.5 Å². The molecule has 2 rings (SSSR count). The number of aromatic nitrogens is 2. The number of likely N-dealkylation sites (tertiary alicyclic amines) is 1. The zero-order valence-electron chi connectivity index (χ0n) is 12.0.